The fourth-order valence-corrected chi connectivity index (χ4v) is 3.35. The Hall–Kier alpha value is -0.550. The van der Waals surface area contributed by atoms with Gasteiger partial charge in [-0.05, 0) is 28.1 Å². The monoisotopic (exact) mass is 373 g/mol. The average molecular weight is 375 g/mol. The third kappa shape index (κ3) is 4.48. The van der Waals surface area contributed by atoms with Gasteiger partial charge >= 0.3 is 0 Å². The van der Waals surface area contributed by atoms with Crippen molar-refractivity contribution in [3.63, 3.8) is 0 Å². The van der Waals surface area contributed by atoms with Crippen LogP contribution in [0.3, 0.4) is 0 Å². The summed E-state index contributed by atoms with van der Waals surface area (Å²) < 4.78 is 7.00. The Morgan fingerprint density at radius 1 is 1.40 bits per heavy atom. The van der Waals surface area contributed by atoms with Crippen molar-refractivity contribution in [2.45, 2.75) is 33.0 Å². The van der Waals surface area contributed by atoms with Crippen LogP contribution in [0.4, 0.5) is 0 Å². The number of ether oxygens (including phenoxy) is 1. The van der Waals surface area contributed by atoms with E-state index in [1.165, 1.54) is 4.88 Å². The van der Waals surface area contributed by atoms with E-state index in [0.717, 1.165) is 22.3 Å². The lowest BCUT2D eigenvalue weighted by molar-refractivity contribution is 0.305. The van der Waals surface area contributed by atoms with E-state index >= 15 is 0 Å². The van der Waals surface area contributed by atoms with E-state index in [9.17, 15) is 0 Å². The maximum atomic E-state index is 6.26. The Morgan fingerprint density at radius 2 is 2.20 bits per heavy atom. The lowest BCUT2D eigenvalue weighted by atomic mass is 10.2. The van der Waals surface area contributed by atoms with Gasteiger partial charge < -0.3 is 10.1 Å². The van der Waals surface area contributed by atoms with Crippen LogP contribution in [-0.2, 0) is 13.2 Å². The summed E-state index contributed by atoms with van der Waals surface area (Å²) >= 11 is 11.4. The summed E-state index contributed by atoms with van der Waals surface area (Å²) in [6.07, 6.45) is 0. The van der Waals surface area contributed by atoms with Crippen molar-refractivity contribution in [3.05, 3.63) is 49.6 Å². The number of benzene rings is 1. The molecule has 2 aromatic rings. The molecule has 5 heteroatoms. The zero-order valence-corrected chi connectivity index (χ0v) is 14.6. The van der Waals surface area contributed by atoms with E-state index in [0.29, 0.717) is 17.7 Å². The Labute approximate surface area is 137 Å². The highest BCUT2D eigenvalue weighted by atomic mass is 79.9. The first kappa shape index (κ1) is 15.8. The number of hydrogen-bond acceptors (Lipinski definition) is 3. The molecule has 0 aliphatic rings. The summed E-state index contributed by atoms with van der Waals surface area (Å²) in [4.78, 5) is 1.17. The van der Waals surface area contributed by atoms with Crippen LogP contribution in [0.5, 0.6) is 5.75 Å². The second-order valence-electron chi connectivity index (χ2n) is 4.78. The van der Waals surface area contributed by atoms with Crippen LogP contribution < -0.4 is 10.1 Å². The summed E-state index contributed by atoms with van der Waals surface area (Å²) in [5.74, 6) is 0.770. The highest BCUT2D eigenvalue weighted by Crippen LogP contribution is 2.30. The SMILES string of the molecule is CC(C)NCc1cccc(Cl)c1OCc1cc(Br)cs1. The van der Waals surface area contributed by atoms with Crippen molar-refractivity contribution in [3.8, 4) is 5.75 Å². The minimum Gasteiger partial charge on any atom is -0.486 e. The normalized spacial score (nSPS) is 11.1. The molecule has 20 heavy (non-hydrogen) atoms. The van der Waals surface area contributed by atoms with Crippen molar-refractivity contribution >= 4 is 38.9 Å². The first-order valence-corrected chi connectivity index (χ1v) is 8.48. The predicted molar refractivity (Wildman–Crippen MR) is 89.8 cm³/mol. The molecule has 0 unspecified atom stereocenters. The molecule has 1 N–H and O–H groups in total. The summed E-state index contributed by atoms with van der Waals surface area (Å²) in [6.45, 7) is 5.53. The number of nitrogens with one attached hydrogen (secondary N) is 1. The molecule has 0 fully saturated rings. The van der Waals surface area contributed by atoms with Gasteiger partial charge in [-0.25, -0.2) is 0 Å². The maximum absolute atomic E-state index is 6.26. The molecule has 0 aliphatic carbocycles. The van der Waals surface area contributed by atoms with Crippen LogP contribution in [-0.4, -0.2) is 6.04 Å². The van der Waals surface area contributed by atoms with Crippen LogP contribution in [0.25, 0.3) is 0 Å². The summed E-state index contributed by atoms with van der Waals surface area (Å²) in [5.41, 5.74) is 1.09. The number of halogens is 2. The number of thiophene rings is 1. The van der Waals surface area contributed by atoms with Crippen LogP contribution in [0, 0.1) is 0 Å². The molecule has 0 radical (unpaired) electrons. The zero-order chi connectivity index (χ0) is 14.5. The highest BCUT2D eigenvalue weighted by molar-refractivity contribution is 9.10. The molecule has 0 atom stereocenters. The van der Waals surface area contributed by atoms with Gasteiger partial charge in [0.2, 0.25) is 0 Å². The van der Waals surface area contributed by atoms with Crippen LogP contribution in [0.2, 0.25) is 5.02 Å². The predicted octanol–water partition coefficient (Wildman–Crippen LogP) is 5.24. The van der Waals surface area contributed by atoms with Gasteiger partial charge in [-0.15, -0.1) is 11.3 Å². The first-order chi connectivity index (χ1) is 9.56. The Morgan fingerprint density at radius 3 is 2.85 bits per heavy atom. The molecular weight excluding hydrogens is 358 g/mol. The lowest BCUT2D eigenvalue weighted by Gasteiger charge is -2.14. The minimum atomic E-state index is 0.426. The van der Waals surface area contributed by atoms with E-state index in [2.05, 4.69) is 41.2 Å². The van der Waals surface area contributed by atoms with Crippen molar-refractivity contribution in [1.82, 2.24) is 5.32 Å². The second-order valence-corrected chi connectivity index (χ2v) is 7.10. The van der Waals surface area contributed by atoms with Gasteiger partial charge in [-0.2, -0.15) is 0 Å². The van der Waals surface area contributed by atoms with E-state index in [-0.39, 0.29) is 0 Å². The number of para-hydroxylation sites is 1. The fraction of sp³-hybridized carbons (Fsp3) is 0.333. The molecule has 1 heterocycles. The summed E-state index contributed by atoms with van der Waals surface area (Å²) in [6, 6.07) is 8.35. The Kier molecular flexibility index (Phi) is 5.90. The molecule has 0 saturated heterocycles. The maximum Gasteiger partial charge on any atom is 0.142 e. The molecule has 1 aromatic carbocycles. The van der Waals surface area contributed by atoms with Crippen LogP contribution in [0.15, 0.2) is 34.1 Å². The Bertz CT molecular complexity index is 571. The van der Waals surface area contributed by atoms with E-state index < -0.39 is 0 Å². The molecule has 2 rings (SSSR count). The van der Waals surface area contributed by atoms with Gasteiger partial charge in [-0.3, -0.25) is 0 Å². The van der Waals surface area contributed by atoms with Gasteiger partial charge in [0.1, 0.15) is 12.4 Å². The summed E-state index contributed by atoms with van der Waals surface area (Å²) in [7, 11) is 0. The van der Waals surface area contributed by atoms with Gasteiger partial charge in [0.05, 0.1) is 5.02 Å². The minimum absolute atomic E-state index is 0.426. The van der Waals surface area contributed by atoms with Gasteiger partial charge in [-0.1, -0.05) is 37.6 Å². The van der Waals surface area contributed by atoms with Gasteiger partial charge in [0.25, 0.3) is 0 Å². The smallest absolute Gasteiger partial charge is 0.142 e. The topological polar surface area (TPSA) is 21.3 Å². The van der Waals surface area contributed by atoms with E-state index in [1.807, 2.05) is 23.6 Å². The fourth-order valence-electron chi connectivity index (χ4n) is 1.74. The second kappa shape index (κ2) is 7.46. The standard InChI is InChI=1S/C15H17BrClNOS/c1-10(2)18-7-11-4-3-5-14(17)15(11)19-8-13-6-12(16)9-20-13/h3-6,9-10,18H,7-8H2,1-2H3. The molecule has 1 aromatic heterocycles. The summed E-state index contributed by atoms with van der Waals surface area (Å²) in [5, 5.41) is 6.09. The van der Waals surface area contributed by atoms with Crippen LogP contribution >= 0.6 is 38.9 Å². The largest absolute Gasteiger partial charge is 0.486 e. The van der Waals surface area contributed by atoms with E-state index in [4.69, 9.17) is 16.3 Å². The Balaban J connectivity index is 2.08. The quantitative estimate of drug-likeness (QED) is 0.746. The van der Waals surface area contributed by atoms with Crippen molar-refractivity contribution in [2.75, 3.05) is 0 Å². The molecule has 0 bridgehead atoms. The molecule has 0 amide bonds. The highest BCUT2D eigenvalue weighted by Gasteiger charge is 2.10. The third-order valence-corrected chi connectivity index (χ3v) is 4.70. The van der Waals surface area contributed by atoms with Crippen molar-refractivity contribution in [2.24, 2.45) is 0 Å². The average Bonchev–Trinajstić information content (AvgIpc) is 2.81. The molecular formula is C15H17BrClNOS. The molecule has 0 spiro atoms. The number of rotatable bonds is 6. The number of hydrogen-bond donors (Lipinski definition) is 1. The molecule has 2 nitrogen and oxygen atoms in total. The molecule has 0 aliphatic heterocycles. The zero-order valence-electron chi connectivity index (χ0n) is 11.5. The lowest BCUT2D eigenvalue weighted by Crippen LogP contribution is -2.22. The van der Waals surface area contributed by atoms with Gasteiger partial charge in [0.15, 0.2) is 0 Å². The third-order valence-electron chi connectivity index (χ3n) is 2.73. The van der Waals surface area contributed by atoms with Crippen LogP contribution in [0.1, 0.15) is 24.3 Å². The molecule has 0 saturated carbocycles. The first-order valence-electron chi connectivity index (χ1n) is 6.42. The van der Waals surface area contributed by atoms with Crippen molar-refractivity contribution < 1.29 is 4.74 Å². The van der Waals surface area contributed by atoms with Gasteiger partial charge in [0, 0.05) is 32.9 Å². The molecule has 108 valence electrons. The van der Waals surface area contributed by atoms with Crippen molar-refractivity contribution in [1.29, 1.82) is 0 Å². The van der Waals surface area contributed by atoms with E-state index in [1.54, 1.807) is 11.3 Å².